The molecule has 0 unspecified atom stereocenters. The average Bonchev–Trinajstić information content (AvgIpc) is 3.16. The molecule has 1 aliphatic carbocycles. The van der Waals surface area contributed by atoms with E-state index in [9.17, 15) is 9.59 Å². The molecule has 0 spiro atoms. The number of carbonyl (C=O) groups is 2. The quantitative estimate of drug-likeness (QED) is 0.897. The summed E-state index contributed by atoms with van der Waals surface area (Å²) in [5.41, 5.74) is 0. The molecule has 1 aromatic heterocycles. The summed E-state index contributed by atoms with van der Waals surface area (Å²) in [4.78, 5) is 29.3. The molecule has 2 amide bonds. The Kier molecular flexibility index (Phi) is 4.50. The Morgan fingerprint density at radius 1 is 1.12 bits per heavy atom. The predicted octanol–water partition coefficient (Wildman–Crippen LogP) is 1.49. The Bertz CT molecular complexity index is 646. The minimum Gasteiger partial charge on any atom is -0.330 e. The molecule has 2 aliphatic heterocycles. The van der Waals surface area contributed by atoms with Crippen LogP contribution in [-0.4, -0.2) is 64.1 Å². The Labute approximate surface area is 148 Å². The summed E-state index contributed by atoms with van der Waals surface area (Å²) in [6, 6.07) is 1.86. The van der Waals surface area contributed by atoms with E-state index in [1.165, 1.54) is 0 Å². The lowest BCUT2D eigenvalue weighted by molar-refractivity contribution is -0.137. The molecule has 1 saturated carbocycles. The summed E-state index contributed by atoms with van der Waals surface area (Å²) in [5, 5.41) is 7.48. The molecule has 3 heterocycles. The SMILES string of the molecule is CN1CCC(n2nccc2NC(=O)[C@@H]2CCCN2C(=O)C2CC2)CC1. The van der Waals surface area contributed by atoms with Gasteiger partial charge in [-0.15, -0.1) is 0 Å². The zero-order valence-electron chi connectivity index (χ0n) is 14.9. The second-order valence-electron chi connectivity index (χ2n) is 7.65. The first-order chi connectivity index (χ1) is 12.1. The zero-order chi connectivity index (χ0) is 17.4. The molecule has 0 bridgehead atoms. The monoisotopic (exact) mass is 345 g/mol. The lowest BCUT2D eigenvalue weighted by atomic mass is 10.1. The van der Waals surface area contributed by atoms with Crippen LogP contribution in [0.4, 0.5) is 5.82 Å². The van der Waals surface area contributed by atoms with Gasteiger partial charge in [0.2, 0.25) is 11.8 Å². The van der Waals surface area contributed by atoms with Crippen molar-refractivity contribution in [2.75, 3.05) is 32.0 Å². The summed E-state index contributed by atoms with van der Waals surface area (Å²) < 4.78 is 1.95. The van der Waals surface area contributed by atoms with Crippen LogP contribution in [0, 0.1) is 5.92 Å². The highest BCUT2D eigenvalue weighted by Crippen LogP contribution is 2.34. The number of likely N-dealkylation sites (tertiary alicyclic amines) is 2. The van der Waals surface area contributed by atoms with Gasteiger partial charge in [-0.2, -0.15) is 5.10 Å². The maximum atomic E-state index is 12.8. The molecule has 4 rings (SSSR count). The summed E-state index contributed by atoms with van der Waals surface area (Å²) in [7, 11) is 2.13. The van der Waals surface area contributed by atoms with Crippen molar-refractivity contribution in [1.29, 1.82) is 0 Å². The smallest absolute Gasteiger partial charge is 0.248 e. The van der Waals surface area contributed by atoms with E-state index in [1.807, 2.05) is 10.7 Å². The van der Waals surface area contributed by atoms with Crippen LogP contribution < -0.4 is 5.32 Å². The molecule has 25 heavy (non-hydrogen) atoms. The Morgan fingerprint density at radius 2 is 1.88 bits per heavy atom. The molecule has 2 saturated heterocycles. The normalized spacial score (nSPS) is 25.3. The number of carbonyl (C=O) groups excluding carboxylic acids is 2. The number of hydrogen-bond donors (Lipinski definition) is 1. The molecule has 0 radical (unpaired) electrons. The molecule has 136 valence electrons. The topological polar surface area (TPSA) is 70.5 Å². The van der Waals surface area contributed by atoms with Crippen molar-refractivity contribution in [3.8, 4) is 0 Å². The third kappa shape index (κ3) is 3.42. The molecule has 1 N–H and O–H groups in total. The minimum absolute atomic E-state index is 0.0684. The van der Waals surface area contributed by atoms with Gasteiger partial charge in [-0.05, 0) is 58.7 Å². The van der Waals surface area contributed by atoms with E-state index in [-0.39, 0.29) is 23.8 Å². The summed E-state index contributed by atoms with van der Waals surface area (Å²) in [6.07, 6.45) is 7.44. The fourth-order valence-electron chi connectivity index (χ4n) is 4.02. The van der Waals surface area contributed by atoms with E-state index < -0.39 is 0 Å². The van der Waals surface area contributed by atoms with Gasteiger partial charge in [0.1, 0.15) is 11.9 Å². The van der Waals surface area contributed by atoms with Gasteiger partial charge in [-0.25, -0.2) is 4.68 Å². The van der Waals surface area contributed by atoms with Crippen LogP contribution in [-0.2, 0) is 9.59 Å². The molecule has 3 fully saturated rings. The summed E-state index contributed by atoms with van der Waals surface area (Å²) in [5.74, 6) is 1.02. The Balaban J connectivity index is 1.42. The Hall–Kier alpha value is -1.89. The van der Waals surface area contributed by atoms with Crippen molar-refractivity contribution in [2.45, 2.75) is 50.6 Å². The number of anilines is 1. The maximum absolute atomic E-state index is 12.8. The van der Waals surface area contributed by atoms with Crippen molar-refractivity contribution in [3.63, 3.8) is 0 Å². The number of aromatic nitrogens is 2. The van der Waals surface area contributed by atoms with Gasteiger partial charge in [0.05, 0.1) is 12.2 Å². The van der Waals surface area contributed by atoms with Crippen molar-refractivity contribution < 1.29 is 9.59 Å². The highest BCUT2D eigenvalue weighted by Gasteiger charge is 2.41. The van der Waals surface area contributed by atoms with Gasteiger partial charge in [-0.3, -0.25) is 9.59 Å². The largest absolute Gasteiger partial charge is 0.330 e. The molecule has 1 atom stereocenters. The van der Waals surface area contributed by atoms with E-state index >= 15 is 0 Å². The van der Waals surface area contributed by atoms with Crippen LogP contribution in [0.5, 0.6) is 0 Å². The summed E-state index contributed by atoms with van der Waals surface area (Å²) in [6.45, 7) is 2.80. The minimum atomic E-state index is -0.325. The van der Waals surface area contributed by atoms with Crippen molar-refractivity contribution in [2.24, 2.45) is 5.92 Å². The molecular formula is C18H27N5O2. The average molecular weight is 345 g/mol. The lowest BCUT2D eigenvalue weighted by Crippen LogP contribution is -2.44. The van der Waals surface area contributed by atoms with Crippen molar-refractivity contribution >= 4 is 17.6 Å². The molecule has 3 aliphatic rings. The number of piperidine rings is 1. The van der Waals surface area contributed by atoms with E-state index in [1.54, 1.807) is 11.1 Å². The van der Waals surface area contributed by atoms with Gasteiger partial charge < -0.3 is 15.1 Å². The number of amides is 2. The first-order valence-corrected chi connectivity index (χ1v) is 9.47. The van der Waals surface area contributed by atoms with Crippen LogP contribution in [0.25, 0.3) is 0 Å². The van der Waals surface area contributed by atoms with Crippen LogP contribution in [0.2, 0.25) is 0 Å². The Morgan fingerprint density at radius 3 is 2.60 bits per heavy atom. The van der Waals surface area contributed by atoms with Gasteiger partial charge in [0.15, 0.2) is 0 Å². The number of nitrogens with zero attached hydrogens (tertiary/aromatic N) is 4. The zero-order valence-corrected chi connectivity index (χ0v) is 14.9. The van der Waals surface area contributed by atoms with E-state index in [0.29, 0.717) is 12.6 Å². The number of rotatable bonds is 4. The van der Waals surface area contributed by atoms with Gasteiger partial charge in [-0.1, -0.05) is 0 Å². The van der Waals surface area contributed by atoms with E-state index in [2.05, 4.69) is 22.4 Å². The van der Waals surface area contributed by atoms with Crippen molar-refractivity contribution in [3.05, 3.63) is 12.3 Å². The number of nitrogens with one attached hydrogen (secondary N) is 1. The lowest BCUT2D eigenvalue weighted by Gasteiger charge is -2.30. The predicted molar refractivity (Wildman–Crippen MR) is 94.1 cm³/mol. The van der Waals surface area contributed by atoms with E-state index in [0.717, 1.165) is 57.4 Å². The van der Waals surface area contributed by atoms with Gasteiger partial charge in [0, 0.05) is 18.5 Å². The standard InChI is InChI=1S/C18H27N5O2/c1-21-11-7-14(8-12-21)23-16(6-9-19-23)20-17(24)15-3-2-10-22(15)18(25)13-4-5-13/h6,9,13-15H,2-5,7-8,10-12H2,1H3,(H,20,24)/t15-/m0/s1. The van der Waals surface area contributed by atoms with Crippen LogP contribution in [0.3, 0.4) is 0 Å². The molecule has 7 heteroatoms. The second kappa shape index (κ2) is 6.78. The fourth-order valence-corrected chi connectivity index (χ4v) is 4.02. The van der Waals surface area contributed by atoms with Crippen molar-refractivity contribution in [1.82, 2.24) is 19.6 Å². The fraction of sp³-hybridized carbons (Fsp3) is 0.722. The third-order valence-corrected chi connectivity index (χ3v) is 5.72. The van der Waals surface area contributed by atoms with E-state index in [4.69, 9.17) is 0 Å². The van der Waals surface area contributed by atoms with Gasteiger partial charge >= 0.3 is 0 Å². The summed E-state index contributed by atoms with van der Waals surface area (Å²) >= 11 is 0. The maximum Gasteiger partial charge on any atom is 0.248 e. The van der Waals surface area contributed by atoms with Crippen LogP contribution in [0.15, 0.2) is 12.3 Å². The highest BCUT2D eigenvalue weighted by atomic mass is 16.2. The molecule has 7 nitrogen and oxygen atoms in total. The molecule has 1 aromatic rings. The first-order valence-electron chi connectivity index (χ1n) is 9.47. The third-order valence-electron chi connectivity index (χ3n) is 5.72. The van der Waals surface area contributed by atoms with Gasteiger partial charge in [0.25, 0.3) is 0 Å². The highest BCUT2D eigenvalue weighted by molar-refractivity contribution is 5.97. The molecular weight excluding hydrogens is 318 g/mol. The van der Waals surface area contributed by atoms with Crippen LogP contribution in [0.1, 0.15) is 44.6 Å². The van der Waals surface area contributed by atoms with Crippen LogP contribution >= 0.6 is 0 Å². The number of hydrogen-bond acceptors (Lipinski definition) is 4. The molecule has 0 aromatic carbocycles. The second-order valence-corrected chi connectivity index (χ2v) is 7.65. The first kappa shape index (κ1) is 16.6.